The molecule has 2 N–H and O–H groups in total. The van der Waals surface area contributed by atoms with Crippen molar-refractivity contribution in [3.05, 3.63) is 70.6 Å². The summed E-state index contributed by atoms with van der Waals surface area (Å²) in [6.45, 7) is -0.396. The standard InChI is InChI=1S/C24H22ClFN2O6/c1-32-21-8-6-18(28-23(21)14-3-5-17(26)16(25)11-14)19(30)13-27-24(31)15-4-7-20(34-10-9-29)22(12-15)33-2/h3-8,11-12,29H,9-10,13H2,1-2H3,(H,27,31). The quantitative estimate of drug-likeness (QED) is 0.420. The van der Waals surface area contributed by atoms with E-state index in [1.165, 1.54) is 56.7 Å². The third-order valence-corrected chi connectivity index (χ3v) is 5.03. The Morgan fingerprint density at radius 3 is 2.44 bits per heavy atom. The zero-order valence-corrected chi connectivity index (χ0v) is 19.2. The number of rotatable bonds is 10. The smallest absolute Gasteiger partial charge is 0.251 e. The molecule has 178 valence electrons. The van der Waals surface area contributed by atoms with Crippen LogP contribution in [0.2, 0.25) is 5.02 Å². The van der Waals surface area contributed by atoms with Crippen LogP contribution in [0, 0.1) is 5.82 Å². The molecule has 0 spiro atoms. The summed E-state index contributed by atoms with van der Waals surface area (Å²) < 4.78 is 29.4. The number of pyridine rings is 1. The number of carbonyl (C=O) groups is 2. The topological polar surface area (TPSA) is 107 Å². The number of methoxy groups -OCH3 is 2. The normalized spacial score (nSPS) is 10.5. The largest absolute Gasteiger partial charge is 0.494 e. The maximum absolute atomic E-state index is 13.5. The molecule has 2 aromatic carbocycles. The molecular weight excluding hydrogens is 467 g/mol. The second-order valence-electron chi connectivity index (χ2n) is 6.92. The van der Waals surface area contributed by atoms with Crippen LogP contribution in [0.25, 0.3) is 11.3 Å². The number of ketones is 1. The zero-order chi connectivity index (χ0) is 24.7. The van der Waals surface area contributed by atoms with Crippen LogP contribution < -0.4 is 19.5 Å². The SMILES string of the molecule is COc1cc(C(=O)NCC(=O)c2ccc(OC)c(-c3ccc(F)c(Cl)c3)n2)ccc1OCCO. The highest BCUT2D eigenvalue weighted by Crippen LogP contribution is 2.31. The number of benzene rings is 2. The Balaban J connectivity index is 1.74. The van der Waals surface area contributed by atoms with Gasteiger partial charge >= 0.3 is 0 Å². The van der Waals surface area contributed by atoms with Gasteiger partial charge in [-0.15, -0.1) is 0 Å². The van der Waals surface area contributed by atoms with E-state index >= 15 is 0 Å². The van der Waals surface area contributed by atoms with Gasteiger partial charge in [0.1, 0.15) is 29.6 Å². The highest BCUT2D eigenvalue weighted by molar-refractivity contribution is 6.31. The average molecular weight is 489 g/mol. The molecule has 1 amide bonds. The number of hydrogen-bond acceptors (Lipinski definition) is 7. The number of aromatic nitrogens is 1. The summed E-state index contributed by atoms with van der Waals surface area (Å²) in [7, 11) is 2.87. The molecule has 0 radical (unpaired) electrons. The molecule has 3 aromatic rings. The number of nitrogens with one attached hydrogen (secondary N) is 1. The minimum absolute atomic E-state index is 0.0807. The summed E-state index contributed by atoms with van der Waals surface area (Å²) in [5, 5.41) is 11.3. The van der Waals surface area contributed by atoms with E-state index in [2.05, 4.69) is 10.3 Å². The van der Waals surface area contributed by atoms with E-state index in [1.54, 1.807) is 6.07 Å². The van der Waals surface area contributed by atoms with Crippen molar-refractivity contribution in [2.24, 2.45) is 0 Å². The monoisotopic (exact) mass is 488 g/mol. The second-order valence-corrected chi connectivity index (χ2v) is 7.33. The van der Waals surface area contributed by atoms with Crippen LogP contribution in [0.5, 0.6) is 17.2 Å². The fourth-order valence-corrected chi connectivity index (χ4v) is 3.23. The predicted molar refractivity (Wildman–Crippen MR) is 123 cm³/mol. The maximum Gasteiger partial charge on any atom is 0.251 e. The van der Waals surface area contributed by atoms with Crippen LogP contribution in [0.3, 0.4) is 0 Å². The second kappa shape index (κ2) is 11.4. The van der Waals surface area contributed by atoms with E-state index in [0.717, 1.165) is 0 Å². The Labute approximate surface area is 200 Å². The molecule has 0 unspecified atom stereocenters. The lowest BCUT2D eigenvalue weighted by Gasteiger charge is -2.12. The molecule has 10 heteroatoms. The molecular formula is C24H22ClFN2O6. The van der Waals surface area contributed by atoms with Crippen molar-refractivity contribution >= 4 is 23.3 Å². The molecule has 0 saturated carbocycles. The van der Waals surface area contributed by atoms with Crippen molar-refractivity contribution in [3.63, 3.8) is 0 Å². The number of aliphatic hydroxyl groups excluding tert-OH is 1. The number of halogens is 2. The molecule has 34 heavy (non-hydrogen) atoms. The molecule has 8 nitrogen and oxygen atoms in total. The van der Waals surface area contributed by atoms with Gasteiger partial charge in [0.05, 0.1) is 32.4 Å². The van der Waals surface area contributed by atoms with Gasteiger partial charge in [0.2, 0.25) is 0 Å². The molecule has 1 heterocycles. The summed E-state index contributed by atoms with van der Waals surface area (Å²) in [6.07, 6.45) is 0. The number of aliphatic hydroxyl groups is 1. The van der Waals surface area contributed by atoms with Crippen molar-refractivity contribution in [2.45, 2.75) is 0 Å². The zero-order valence-electron chi connectivity index (χ0n) is 18.4. The molecule has 0 bridgehead atoms. The molecule has 0 saturated heterocycles. The van der Waals surface area contributed by atoms with Gasteiger partial charge in [-0.05, 0) is 48.5 Å². The summed E-state index contributed by atoms with van der Waals surface area (Å²) >= 11 is 5.87. The van der Waals surface area contributed by atoms with E-state index in [1.807, 2.05) is 0 Å². The van der Waals surface area contributed by atoms with E-state index in [-0.39, 0.29) is 36.0 Å². The van der Waals surface area contributed by atoms with Crippen molar-refractivity contribution in [2.75, 3.05) is 34.0 Å². The molecule has 1 aromatic heterocycles. The third kappa shape index (κ3) is 5.81. The lowest BCUT2D eigenvalue weighted by molar-refractivity contribution is 0.0902. The van der Waals surface area contributed by atoms with Crippen molar-refractivity contribution in [1.29, 1.82) is 0 Å². The highest BCUT2D eigenvalue weighted by atomic mass is 35.5. The predicted octanol–water partition coefficient (Wildman–Crippen LogP) is 3.54. The Morgan fingerprint density at radius 1 is 1.03 bits per heavy atom. The number of nitrogens with zero attached hydrogens (tertiary/aromatic N) is 1. The Hall–Kier alpha value is -3.69. The van der Waals surface area contributed by atoms with Crippen LogP contribution in [0.15, 0.2) is 48.5 Å². The van der Waals surface area contributed by atoms with E-state index in [9.17, 15) is 14.0 Å². The van der Waals surface area contributed by atoms with Gasteiger partial charge in [-0.1, -0.05) is 11.6 Å². The fraction of sp³-hybridized carbons (Fsp3) is 0.208. The van der Waals surface area contributed by atoms with Gasteiger partial charge in [-0.2, -0.15) is 0 Å². The molecule has 3 rings (SSSR count). The van der Waals surface area contributed by atoms with Gasteiger partial charge < -0.3 is 24.6 Å². The first-order valence-electron chi connectivity index (χ1n) is 10.1. The molecule has 0 aliphatic carbocycles. The number of carbonyl (C=O) groups excluding carboxylic acids is 2. The summed E-state index contributed by atoms with van der Waals surface area (Å²) in [5.74, 6) is -0.463. The van der Waals surface area contributed by atoms with E-state index in [4.69, 9.17) is 30.9 Å². The van der Waals surface area contributed by atoms with Crippen LogP contribution in [-0.2, 0) is 0 Å². The number of ether oxygens (including phenoxy) is 3. The van der Waals surface area contributed by atoms with Gasteiger partial charge in [0, 0.05) is 11.1 Å². The highest BCUT2D eigenvalue weighted by Gasteiger charge is 2.17. The Bertz CT molecular complexity index is 1200. The summed E-state index contributed by atoms with van der Waals surface area (Å²) in [4.78, 5) is 29.6. The van der Waals surface area contributed by atoms with Gasteiger partial charge in [-0.25, -0.2) is 9.37 Å². The number of amides is 1. The number of hydrogen-bond donors (Lipinski definition) is 2. The Morgan fingerprint density at radius 2 is 1.76 bits per heavy atom. The molecule has 0 aliphatic rings. The van der Waals surface area contributed by atoms with E-state index in [0.29, 0.717) is 28.5 Å². The maximum atomic E-state index is 13.5. The van der Waals surface area contributed by atoms with Crippen molar-refractivity contribution < 1.29 is 33.3 Å². The fourth-order valence-electron chi connectivity index (χ4n) is 3.05. The first-order valence-corrected chi connectivity index (χ1v) is 10.5. The lowest BCUT2D eigenvalue weighted by Crippen LogP contribution is -2.30. The van der Waals surface area contributed by atoms with Crippen molar-refractivity contribution in [3.8, 4) is 28.5 Å². The van der Waals surface area contributed by atoms with Crippen LogP contribution in [0.1, 0.15) is 20.8 Å². The first kappa shape index (κ1) is 24.9. The minimum Gasteiger partial charge on any atom is -0.494 e. The van der Waals surface area contributed by atoms with Gasteiger partial charge in [-0.3, -0.25) is 9.59 Å². The molecule has 0 aliphatic heterocycles. The molecule has 0 fully saturated rings. The van der Waals surface area contributed by atoms with Crippen molar-refractivity contribution in [1.82, 2.24) is 10.3 Å². The average Bonchev–Trinajstić information content (AvgIpc) is 2.86. The summed E-state index contributed by atoms with van der Waals surface area (Å²) in [6, 6.07) is 11.6. The minimum atomic E-state index is -0.580. The third-order valence-electron chi connectivity index (χ3n) is 4.74. The van der Waals surface area contributed by atoms with Crippen LogP contribution in [-0.4, -0.2) is 55.8 Å². The van der Waals surface area contributed by atoms with Crippen LogP contribution in [0.4, 0.5) is 4.39 Å². The van der Waals surface area contributed by atoms with Gasteiger partial charge in [0.25, 0.3) is 5.91 Å². The Kier molecular flexibility index (Phi) is 8.39. The summed E-state index contributed by atoms with van der Waals surface area (Å²) in [5.41, 5.74) is 1.12. The van der Waals surface area contributed by atoms with E-state index < -0.39 is 17.5 Å². The van der Waals surface area contributed by atoms with Gasteiger partial charge in [0.15, 0.2) is 17.3 Å². The first-order chi connectivity index (χ1) is 16.4. The molecule has 0 atom stereocenters. The number of Topliss-reactive ketones (excluding diaryl/α,β-unsaturated/α-hetero) is 1. The lowest BCUT2D eigenvalue weighted by atomic mass is 10.1. The van der Waals surface area contributed by atoms with Crippen LogP contribution >= 0.6 is 11.6 Å².